The van der Waals surface area contributed by atoms with Crippen LogP contribution in [0.2, 0.25) is 0 Å². The number of thiocarbonyl (C=S) groups is 1. The summed E-state index contributed by atoms with van der Waals surface area (Å²) < 4.78 is 16.1. The fourth-order valence-electron chi connectivity index (χ4n) is 2.09. The molecule has 0 bridgehead atoms. The van der Waals surface area contributed by atoms with E-state index in [0.717, 1.165) is 0 Å². The summed E-state index contributed by atoms with van der Waals surface area (Å²) in [4.78, 5) is 0. The Labute approximate surface area is 135 Å². The van der Waals surface area contributed by atoms with Gasteiger partial charge >= 0.3 is 0 Å². The molecule has 8 nitrogen and oxygen atoms in total. The minimum atomic E-state index is -1.16. The molecule has 0 aromatic rings. The monoisotopic (exact) mass is 338 g/mol. The van der Waals surface area contributed by atoms with Gasteiger partial charge < -0.3 is 40.2 Å². The van der Waals surface area contributed by atoms with E-state index in [1.54, 1.807) is 0 Å². The molecule has 1 heterocycles. The molecule has 130 valence electrons. The Morgan fingerprint density at radius 1 is 1.23 bits per heavy atom. The Hall–Kier alpha value is -0.550. The molecular weight excluding hydrogens is 312 g/mol. The van der Waals surface area contributed by atoms with E-state index in [4.69, 9.17) is 31.5 Å². The number of rotatable bonds is 9. The predicted molar refractivity (Wildman–Crippen MR) is 83.2 cm³/mol. The lowest BCUT2D eigenvalue weighted by atomic mass is 10.1. The van der Waals surface area contributed by atoms with Gasteiger partial charge in [-0.15, -0.1) is 0 Å². The fraction of sp³-hybridized carbons (Fsp3) is 0.923. The Bertz CT molecular complexity index is 330. The van der Waals surface area contributed by atoms with Crippen LogP contribution in [-0.4, -0.2) is 77.6 Å². The summed E-state index contributed by atoms with van der Waals surface area (Å²) in [6.45, 7) is 5.07. The largest absolute Gasteiger partial charge is 0.394 e. The molecule has 1 aliphatic rings. The van der Waals surface area contributed by atoms with Crippen LogP contribution in [0.1, 0.15) is 20.3 Å². The predicted octanol–water partition coefficient (Wildman–Crippen LogP) is -1.32. The standard InChI is InChI=1S/C13H26N2O6S/c1-3-19-9(20-4-2)5-6-14-13(22)15-12-11(18)10(17)8(7-16)21-12/h8-12,16-18H,3-7H2,1-2H3,(H2,14,15,22)/t8-,10-,11-,12-/m1/s1. The molecule has 0 saturated carbocycles. The van der Waals surface area contributed by atoms with Gasteiger partial charge in [-0.3, -0.25) is 0 Å². The zero-order valence-electron chi connectivity index (χ0n) is 12.9. The van der Waals surface area contributed by atoms with Gasteiger partial charge in [0.15, 0.2) is 17.6 Å². The van der Waals surface area contributed by atoms with Crippen molar-refractivity contribution in [2.24, 2.45) is 0 Å². The first-order valence-corrected chi connectivity index (χ1v) is 7.84. The highest BCUT2D eigenvalue weighted by Crippen LogP contribution is 2.19. The summed E-state index contributed by atoms with van der Waals surface area (Å²) >= 11 is 5.10. The van der Waals surface area contributed by atoms with Crippen molar-refractivity contribution in [3.8, 4) is 0 Å². The molecule has 9 heteroatoms. The van der Waals surface area contributed by atoms with Crippen molar-refractivity contribution in [2.75, 3.05) is 26.4 Å². The lowest BCUT2D eigenvalue weighted by Gasteiger charge is -2.20. The second-order valence-corrected chi connectivity index (χ2v) is 5.20. The van der Waals surface area contributed by atoms with Gasteiger partial charge in [-0.25, -0.2) is 0 Å². The normalized spacial score (nSPS) is 28.1. The Morgan fingerprint density at radius 2 is 1.86 bits per heavy atom. The molecule has 0 aliphatic carbocycles. The quantitative estimate of drug-likeness (QED) is 0.258. The van der Waals surface area contributed by atoms with Crippen LogP contribution >= 0.6 is 12.2 Å². The molecule has 0 radical (unpaired) electrons. The highest BCUT2D eigenvalue weighted by atomic mass is 32.1. The molecular formula is C13H26N2O6S. The summed E-state index contributed by atoms with van der Waals surface area (Å²) in [5.74, 6) is 0. The number of hydrogen-bond acceptors (Lipinski definition) is 7. The van der Waals surface area contributed by atoms with Crippen LogP contribution in [0.3, 0.4) is 0 Å². The SMILES string of the molecule is CCOC(CCNC(=S)N[C@@H]1O[C@H](CO)[C@@H](O)[C@H]1O)OCC. The van der Waals surface area contributed by atoms with Crippen LogP contribution in [0.25, 0.3) is 0 Å². The van der Waals surface area contributed by atoms with E-state index in [1.807, 2.05) is 13.8 Å². The Kier molecular flexibility index (Phi) is 9.10. The topological polar surface area (TPSA) is 112 Å². The van der Waals surface area contributed by atoms with Crippen LogP contribution in [-0.2, 0) is 14.2 Å². The lowest BCUT2D eigenvalue weighted by Crippen LogP contribution is -2.48. The molecule has 0 amide bonds. The molecule has 4 atom stereocenters. The molecule has 1 fully saturated rings. The third-order valence-corrected chi connectivity index (χ3v) is 3.45. The average Bonchev–Trinajstić information content (AvgIpc) is 2.75. The highest BCUT2D eigenvalue weighted by molar-refractivity contribution is 7.80. The van der Waals surface area contributed by atoms with Gasteiger partial charge in [-0.2, -0.15) is 0 Å². The van der Waals surface area contributed by atoms with E-state index < -0.39 is 24.5 Å². The zero-order valence-corrected chi connectivity index (χ0v) is 13.7. The van der Waals surface area contributed by atoms with Gasteiger partial charge in [0.1, 0.15) is 18.3 Å². The van der Waals surface area contributed by atoms with E-state index in [-0.39, 0.29) is 18.0 Å². The second-order valence-electron chi connectivity index (χ2n) is 4.79. The van der Waals surface area contributed by atoms with Gasteiger partial charge in [0.2, 0.25) is 0 Å². The molecule has 1 aliphatic heterocycles. The van der Waals surface area contributed by atoms with Crippen molar-refractivity contribution < 1.29 is 29.5 Å². The first-order chi connectivity index (χ1) is 10.5. The zero-order chi connectivity index (χ0) is 16.5. The Balaban J connectivity index is 2.28. The number of aliphatic hydroxyl groups is 3. The fourth-order valence-corrected chi connectivity index (χ4v) is 2.31. The van der Waals surface area contributed by atoms with Gasteiger partial charge in [-0.05, 0) is 26.1 Å². The lowest BCUT2D eigenvalue weighted by molar-refractivity contribution is -0.138. The molecule has 5 N–H and O–H groups in total. The molecule has 0 aromatic carbocycles. The molecule has 1 rings (SSSR count). The third-order valence-electron chi connectivity index (χ3n) is 3.19. The highest BCUT2D eigenvalue weighted by Gasteiger charge is 2.42. The van der Waals surface area contributed by atoms with Crippen molar-refractivity contribution in [1.82, 2.24) is 10.6 Å². The van der Waals surface area contributed by atoms with Crippen molar-refractivity contribution in [1.29, 1.82) is 0 Å². The number of hydrogen-bond donors (Lipinski definition) is 5. The number of aliphatic hydroxyl groups excluding tert-OH is 3. The summed E-state index contributed by atoms with van der Waals surface area (Å²) in [5.41, 5.74) is 0. The smallest absolute Gasteiger partial charge is 0.168 e. The van der Waals surface area contributed by atoms with Crippen LogP contribution in [0, 0.1) is 0 Å². The average molecular weight is 338 g/mol. The van der Waals surface area contributed by atoms with Gasteiger partial charge in [0.05, 0.1) is 6.61 Å². The van der Waals surface area contributed by atoms with Gasteiger partial charge in [0, 0.05) is 26.2 Å². The van der Waals surface area contributed by atoms with Crippen molar-refractivity contribution in [3.05, 3.63) is 0 Å². The van der Waals surface area contributed by atoms with Gasteiger partial charge in [-0.1, -0.05) is 0 Å². The second kappa shape index (κ2) is 10.3. The van der Waals surface area contributed by atoms with Crippen LogP contribution < -0.4 is 10.6 Å². The summed E-state index contributed by atoms with van der Waals surface area (Å²) in [5, 5.41) is 34.4. The van der Waals surface area contributed by atoms with Crippen molar-refractivity contribution in [3.63, 3.8) is 0 Å². The van der Waals surface area contributed by atoms with E-state index in [0.29, 0.717) is 26.2 Å². The Morgan fingerprint density at radius 3 is 2.36 bits per heavy atom. The minimum absolute atomic E-state index is 0.279. The molecule has 1 saturated heterocycles. The van der Waals surface area contributed by atoms with Crippen molar-refractivity contribution in [2.45, 2.75) is 51.1 Å². The van der Waals surface area contributed by atoms with Crippen molar-refractivity contribution >= 4 is 17.3 Å². The van der Waals surface area contributed by atoms with Gasteiger partial charge in [0.25, 0.3) is 0 Å². The molecule has 0 unspecified atom stereocenters. The maximum absolute atomic E-state index is 9.79. The third kappa shape index (κ3) is 5.92. The van der Waals surface area contributed by atoms with E-state index in [1.165, 1.54) is 0 Å². The first kappa shape index (κ1) is 19.5. The first-order valence-electron chi connectivity index (χ1n) is 7.43. The van der Waals surface area contributed by atoms with E-state index in [2.05, 4.69) is 10.6 Å². The summed E-state index contributed by atoms with van der Waals surface area (Å²) in [7, 11) is 0. The minimum Gasteiger partial charge on any atom is -0.394 e. The maximum Gasteiger partial charge on any atom is 0.168 e. The van der Waals surface area contributed by atoms with Crippen LogP contribution in [0.15, 0.2) is 0 Å². The molecule has 0 spiro atoms. The number of ether oxygens (including phenoxy) is 3. The summed E-state index contributed by atoms with van der Waals surface area (Å²) in [6, 6.07) is 0. The molecule has 22 heavy (non-hydrogen) atoms. The summed E-state index contributed by atoms with van der Waals surface area (Å²) in [6.07, 6.45) is -3.67. The number of nitrogens with one attached hydrogen (secondary N) is 2. The van der Waals surface area contributed by atoms with Crippen LogP contribution in [0.4, 0.5) is 0 Å². The maximum atomic E-state index is 9.79. The molecule has 0 aromatic heterocycles. The van der Waals surface area contributed by atoms with E-state index >= 15 is 0 Å². The van der Waals surface area contributed by atoms with Crippen LogP contribution in [0.5, 0.6) is 0 Å². The van der Waals surface area contributed by atoms with E-state index in [9.17, 15) is 10.2 Å².